The second-order valence-corrected chi connectivity index (χ2v) is 5.41. The zero-order valence-corrected chi connectivity index (χ0v) is 13.5. The van der Waals surface area contributed by atoms with Crippen LogP contribution in [0.4, 0.5) is 5.82 Å². The van der Waals surface area contributed by atoms with Crippen LogP contribution in [0.5, 0.6) is 0 Å². The standard InChI is InChI=1S/C16H27N3O2/c1-5-19(6-2)15-8-7-13(11-17-15)16(21)18-14(9-10-20)12(3)4/h7-8,11-12,14,20H,5-6,9-10H2,1-4H3,(H,18,21). The first-order valence-electron chi connectivity index (χ1n) is 7.66. The van der Waals surface area contributed by atoms with Crippen LogP contribution in [0.15, 0.2) is 18.3 Å². The number of amides is 1. The molecule has 0 radical (unpaired) electrons. The molecule has 0 aliphatic heterocycles. The Labute approximate surface area is 127 Å². The van der Waals surface area contributed by atoms with Crippen molar-refractivity contribution >= 4 is 11.7 Å². The largest absolute Gasteiger partial charge is 0.396 e. The fraction of sp³-hybridized carbons (Fsp3) is 0.625. The lowest BCUT2D eigenvalue weighted by molar-refractivity contribution is 0.0916. The van der Waals surface area contributed by atoms with E-state index in [0.717, 1.165) is 18.9 Å². The fourth-order valence-electron chi connectivity index (χ4n) is 2.22. The highest BCUT2D eigenvalue weighted by atomic mass is 16.3. The van der Waals surface area contributed by atoms with Crippen LogP contribution < -0.4 is 10.2 Å². The topological polar surface area (TPSA) is 65.5 Å². The van der Waals surface area contributed by atoms with Crippen LogP contribution in [-0.2, 0) is 0 Å². The van der Waals surface area contributed by atoms with Gasteiger partial charge in [0.25, 0.3) is 5.91 Å². The molecule has 0 aromatic carbocycles. The molecular weight excluding hydrogens is 266 g/mol. The minimum absolute atomic E-state index is 0.0232. The van der Waals surface area contributed by atoms with Crippen LogP contribution in [-0.4, -0.2) is 41.7 Å². The summed E-state index contributed by atoms with van der Waals surface area (Å²) in [5, 5.41) is 12.0. The van der Waals surface area contributed by atoms with E-state index in [1.165, 1.54) is 0 Å². The number of carbonyl (C=O) groups is 1. The van der Waals surface area contributed by atoms with Gasteiger partial charge in [0.1, 0.15) is 5.82 Å². The van der Waals surface area contributed by atoms with E-state index >= 15 is 0 Å². The molecule has 1 heterocycles. The highest BCUT2D eigenvalue weighted by Gasteiger charge is 2.17. The van der Waals surface area contributed by atoms with E-state index in [-0.39, 0.29) is 24.5 Å². The van der Waals surface area contributed by atoms with Gasteiger partial charge in [-0.3, -0.25) is 4.79 Å². The number of pyridine rings is 1. The van der Waals surface area contributed by atoms with Crippen molar-refractivity contribution in [2.45, 2.75) is 40.2 Å². The molecule has 1 amide bonds. The molecule has 0 aliphatic carbocycles. The third kappa shape index (κ3) is 5.01. The SMILES string of the molecule is CCN(CC)c1ccc(C(=O)NC(CCO)C(C)C)cn1. The van der Waals surface area contributed by atoms with E-state index < -0.39 is 0 Å². The van der Waals surface area contributed by atoms with Gasteiger partial charge in [0, 0.05) is 31.9 Å². The molecule has 21 heavy (non-hydrogen) atoms. The number of anilines is 1. The van der Waals surface area contributed by atoms with E-state index in [4.69, 9.17) is 5.11 Å². The Morgan fingerprint density at radius 1 is 1.33 bits per heavy atom. The molecule has 0 spiro atoms. The van der Waals surface area contributed by atoms with Gasteiger partial charge in [0.2, 0.25) is 0 Å². The van der Waals surface area contributed by atoms with Crippen LogP contribution in [0.3, 0.4) is 0 Å². The minimum atomic E-state index is -0.138. The number of rotatable bonds is 8. The van der Waals surface area contributed by atoms with Crippen molar-refractivity contribution in [3.05, 3.63) is 23.9 Å². The first-order valence-corrected chi connectivity index (χ1v) is 7.66. The summed E-state index contributed by atoms with van der Waals surface area (Å²) in [6.45, 7) is 10.1. The van der Waals surface area contributed by atoms with Gasteiger partial charge in [-0.15, -0.1) is 0 Å². The summed E-state index contributed by atoms with van der Waals surface area (Å²) in [7, 11) is 0. The maximum absolute atomic E-state index is 12.2. The van der Waals surface area contributed by atoms with Crippen molar-refractivity contribution < 1.29 is 9.90 Å². The number of aliphatic hydroxyl groups is 1. The molecule has 1 unspecified atom stereocenters. The number of hydrogen-bond acceptors (Lipinski definition) is 4. The van der Waals surface area contributed by atoms with Gasteiger partial charge < -0.3 is 15.3 Å². The normalized spacial score (nSPS) is 12.3. The summed E-state index contributed by atoms with van der Waals surface area (Å²) in [6.07, 6.45) is 2.17. The molecule has 1 rings (SSSR count). The minimum Gasteiger partial charge on any atom is -0.396 e. The highest BCUT2D eigenvalue weighted by molar-refractivity contribution is 5.94. The summed E-state index contributed by atoms with van der Waals surface area (Å²) in [5.41, 5.74) is 0.550. The van der Waals surface area contributed by atoms with E-state index in [1.807, 2.05) is 19.9 Å². The summed E-state index contributed by atoms with van der Waals surface area (Å²) in [6, 6.07) is 3.65. The monoisotopic (exact) mass is 293 g/mol. The number of hydrogen-bond donors (Lipinski definition) is 2. The molecule has 1 aromatic rings. The molecule has 118 valence electrons. The highest BCUT2D eigenvalue weighted by Crippen LogP contribution is 2.12. The molecule has 5 heteroatoms. The van der Waals surface area contributed by atoms with Gasteiger partial charge in [-0.1, -0.05) is 13.8 Å². The number of aromatic nitrogens is 1. The molecule has 0 saturated carbocycles. The lowest BCUT2D eigenvalue weighted by Crippen LogP contribution is -2.39. The van der Waals surface area contributed by atoms with E-state index in [9.17, 15) is 4.79 Å². The maximum Gasteiger partial charge on any atom is 0.253 e. The second kappa shape index (κ2) is 8.62. The average Bonchev–Trinajstić information content (AvgIpc) is 2.48. The average molecular weight is 293 g/mol. The predicted molar refractivity (Wildman–Crippen MR) is 85.6 cm³/mol. The number of nitrogens with one attached hydrogen (secondary N) is 1. The van der Waals surface area contributed by atoms with Crippen molar-refractivity contribution in [1.29, 1.82) is 0 Å². The number of aliphatic hydroxyl groups excluding tert-OH is 1. The van der Waals surface area contributed by atoms with Gasteiger partial charge in [-0.2, -0.15) is 0 Å². The van der Waals surface area contributed by atoms with E-state index in [2.05, 4.69) is 29.0 Å². The molecule has 1 atom stereocenters. The van der Waals surface area contributed by atoms with Crippen LogP contribution in [0.25, 0.3) is 0 Å². The first kappa shape index (κ1) is 17.4. The van der Waals surface area contributed by atoms with Gasteiger partial charge in [-0.25, -0.2) is 4.98 Å². The molecular formula is C16H27N3O2. The van der Waals surface area contributed by atoms with Gasteiger partial charge in [0.05, 0.1) is 5.56 Å². The maximum atomic E-state index is 12.2. The fourth-order valence-corrected chi connectivity index (χ4v) is 2.22. The van der Waals surface area contributed by atoms with Crippen LogP contribution >= 0.6 is 0 Å². The Bertz CT molecular complexity index is 428. The van der Waals surface area contributed by atoms with Crippen molar-refractivity contribution in [2.24, 2.45) is 5.92 Å². The summed E-state index contributed by atoms with van der Waals surface area (Å²) in [4.78, 5) is 18.7. The zero-order valence-electron chi connectivity index (χ0n) is 13.5. The van der Waals surface area contributed by atoms with Crippen LogP contribution in [0.2, 0.25) is 0 Å². The van der Waals surface area contributed by atoms with Crippen molar-refractivity contribution in [3.63, 3.8) is 0 Å². The van der Waals surface area contributed by atoms with Crippen LogP contribution in [0.1, 0.15) is 44.5 Å². The molecule has 2 N–H and O–H groups in total. The molecule has 5 nitrogen and oxygen atoms in total. The molecule has 0 saturated heterocycles. The zero-order chi connectivity index (χ0) is 15.8. The van der Waals surface area contributed by atoms with Gasteiger partial charge in [-0.05, 0) is 38.3 Å². The lowest BCUT2D eigenvalue weighted by Gasteiger charge is -2.22. The van der Waals surface area contributed by atoms with Gasteiger partial charge in [0.15, 0.2) is 0 Å². The Morgan fingerprint density at radius 3 is 2.43 bits per heavy atom. The summed E-state index contributed by atoms with van der Waals surface area (Å²) >= 11 is 0. The number of carbonyl (C=O) groups excluding carboxylic acids is 1. The molecule has 1 aromatic heterocycles. The molecule has 0 bridgehead atoms. The number of nitrogens with zero attached hydrogens (tertiary/aromatic N) is 2. The Kier molecular flexibility index (Phi) is 7.15. The second-order valence-electron chi connectivity index (χ2n) is 5.41. The third-order valence-electron chi connectivity index (χ3n) is 3.66. The van der Waals surface area contributed by atoms with Crippen molar-refractivity contribution in [1.82, 2.24) is 10.3 Å². The summed E-state index contributed by atoms with van der Waals surface area (Å²) in [5.74, 6) is 1.03. The van der Waals surface area contributed by atoms with Crippen LogP contribution in [0, 0.1) is 5.92 Å². The van der Waals surface area contributed by atoms with Gasteiger partial charge >= 0.3 is 0 Å². The summed E-state index contributed by atoms with van der Waals surface area (Å²) < 4.78 is 0. The smallest absolute Gasteiger partial charge is 0.253 e. The van der Waals surface area contributed by atoms with Crippen molar-refractivity contribution in [2.75, 3.05) is 24.6 Å². The van der Waals surface area contributed by atoms with E-state index in [0.29, 0.717) is 12.0 Å². The third-order valence-corrected chi connectivity index (χ3v) is 3.66. The predicted octanol–water partition coefficient (Wildman–Crippen LogP) is 2.06. The molecule has 0 aliphatic rings. The van der Waals surface area contributed by atoms with E-state index in [1.54, 1.807) is 12.3 Å². The van der Waals surface area contributed by atoms with Crippen molar-refractivity contribution in [3.8, 4) is 0 Å². The Hall–Kier alpha value is -1.62. The molecule has 0 fully saturated rings. The Morgan fingerprint density at radius 2 is 2.00 bits per heavy atom. The quantitative estimate of drug-likeness (QED) is 0.770. The lowest BCUT2D eigenvalue weighted by atomic mass is 10.0. The first-order chi connectivity index (χ1) is 10.0. The Balaban J connectivity index is 2.74.